The Bertz CT molecular complexity index is 858. The van der Waals surface area contributed by atoms with E-state index in [0.717, 1.165) is 43.2 Å². The van der Waals surface area contributed by atoms with Crippen molar-refractivity contribution < 1.29 is 14.3 Å². The SMILES string of the molecule is CN1CCN(c2ccccc2OC(CCN(C)C(=O)OC(C)(C)C)c2ccccc2)CC1. The van der Waals surface area contributed by atoms with E-state index in [-0.39, 0.29) is 12.2 Å². The molecule has 1 fully saturated rings. The van der Waals surface area contributed by atoms with Crippen LogP contribution in [0.1, 0.15) is 38.9 Å². The van der Waals surface area contributed by atoms with Crippen molar-refractivity contribution in [2.45, 2.75) is 38.9 Å². The van der Waals surface area contributed by atoms with Gasteiger partial charge in [0.15, 0.2) is 0 Å². The first-order chi connectivity index (χ1) is 15.2. The van der Waals surface area contributed by atoms with Crippen LogP contribution in [0.5, 0.6) is 5.75 Å². The van der Waals surface area contributed by atoms with Crippen LogP contribution in [0.3, 0.4) is 0 Å². The summed E-state index contributed by atoms with van der Waals surface area (Å²) in [6, 6.07) is 18.5. The van der Waals surface area contributed by atoms with Gasteiger partial charge in [-0.05, 0) is 45.5 Å². The summed E-state index contributed by atoms with van der Waals surface area (Å²) in [6.45, 7) is 10.2. The average molecular weight is 440 g/mol. The Morgan fingerprint density at radius 3 is 2.28 bits per heavy atom. The minimum absolute atomic E-state index is 0.172. The smallest absolute Gasteiger partial charge is 0.410 e. The highest BCUT2D eigenvalue weighted by Gasteiger charge is 2.23. The molecular weight excluding hydrogens is 402 g/mol. The first-order valence-electron chi connectivity index (χ1n) is 11.4. The molecule has 32 heavy (non-hydrogen) atoms. The van der Waals surface area contributed by atoms with Gasteiger partial charge >= 0.3 is 6.09 Å². The van der Waals surface area contributed by atoms with E-state index in [9.17, 15) is 4.79 Å². The minimum atomic E-state index is -0.512. The maximum atomic E-state index is 12.4. The van der Waals surface area contributed by atoms with Crippen LogP contribution in [0.2, 0.25) is 0 Å². The molecule has 1 heterocycles. The van der Waals surface area contributed by atoms with Crippen LogP contribution in [0.15, 0.2) is 54.6 Å². The van der Waals surface area contributed by atoms with Crippen LogP contribution in [-0.4, -0.2) is 68.3 Å². The molecule has 0 aliphatic carbocycles. The molecule has 0 N–H and O–H groups in total. The van der Waals surface area contributed by atoms with Gasteiger partial charge in [0, 0.05) is 46.2 Å². The third kappa shape index (κ3) is 6.89. The van der Waals surface area contributed by atoms with Crippen molar-refractivity contribution in [3.05, 3.63) is 60.2 Å². The van der Waals surface area contributed by atoms with Gasteiger partial charge in [0.05, 0.1) is 5.69 Å². The summed E-state index contributed by atoms with van der Waals surface area (Å²) in [7, 11) is 3.93. The third-order valence-electron chi connectivity index (χ3n) is 5.58. The van der Waals surface area contributed by atoms with Gasteiger partial charge in [-0.25, -0.2) is 4.79 Å². The molecule has 1 saturated heterocycles. The van der Waals surface area contributed by atoms with Crippen molar-refractivity contribution in [2.24, 2.45) is 0 Å². The highest BCUT2D eigenvalue weighted by atomic mass is 16.6. The lowest BCUT2D eigenvalue weighted by Crippen LogP contribution is -2.44. The number of rotatable bonds is 7. The predicted molar refractivity (Wildman–Crippen MR) is 129 cm³/mol. The molecule has 0 radical (unpaired) electrons. The number of nitrogens with zero attached hydrogens (tertiary/aromatic N) is 3. The number of hydrogen-bond donors (Lipinski definition) is 0. The number of ether oxygens (including phenoxy) is 2. The van der Waals surface area contributed by atoms with Gasteiger partial charge in [0.1, 0.15) is 17.5 Å². The second-order valence-corrected chi connectivity index (χ2v) is 9.47. The zero-order valence-corrected chi connectivity index (χ0v) is 20.1. The number of carbonyl (C=O) groups excluding carboxylic acids is 1. The van der Waals surface area contributed by atoms with Crippen molar-refractivity contribution in [3.63, 3.8) is 0 Å². The largest absolute Gasteiger partial charge is 0.483 e. The number of likely N-dealkylation sites (N-methyl/N-ethyl adjacent to an activating group) is 1. The summed E-state index contributed by atoms with van der Waals surface area (Å²) in [5.74, 6) is 0.880. The normalized spacial score (nSPS) is 15.8. The summed E-state index contributed by atoms with van der Waals surface area (Å²) in [5, 5.41) is 0. The fraction of sp³-hybridized carbons (Fsp3) is 0.500. The van der Waals surface area contributed by atoms with Crippen LogP contribution in [-0.2, 0) is 4.74 Å². The number of amides is 1. The molecular formula is C26H37N3O3. The Labute approximate surface area is 192 Å². The average Bonchev–Trinajstić information content (AvgIpc) is 2.76. The lowest BCUT2D eigenvalue weighted by molar-refractivity contribution is 0.0278. The molecule has 2 aromatic rings. The predicted octanol–water partition coefficient (Wildman–Crippen LogP) is 4.82. The summed E-state index contributed by atoms with van der Waals surface area (Å²) < 4.78 is 12.1. The maximum absolute atomic E-state index is 12.4. The maximum Gasteiger partial charge on any atom is 0.410 e. The molecule has 6 nitrogen and oxygen atoms in total. The minimum Gasteiger partial charge on any atom is -0.483 e. The van der Waals surface area contributed by atoms with Crippen LogP contribution >= 0.6 is 0 Å². The lowest BCUT2D eigenvalue weighted by atomic mass is 10.1. The Morgan fingerprint density at radius 1 is 1.00 bits per heavy atom. The van der Waals surface area contributed by atoms with E-state index in [4.69, 9.17) is 9.47 Å². The van der Waals surface area contributed by atoms with Crippen molar-refractivity contribution in [2.75, 3.05) is 51.7 Å². The molecule has 3 rings (SSSR count). The van der Waals surface area contributed by atoms with Gasteiger partial charge in [-0.15, -0.1) is 0 Å². The van der Waals surface area contributed by atoms with E-state index in [0.29, 0.717) is 13.0 Å². The Morgan fingerprint density at radius 2 is 1.62 bits per heavy atom. The van der Waals surface area contributed by atoms with Crippen molar-refractivity contribution in [1.82, 2.24) is 9.80 Å². The molecule has 0 saturated carbocycles. The fourth-order valence-corrected chi connectivity index (χ4v) is 3.72. The van der Waals surface area contributed by atoms with Crippen LogP contribution < -0.4 is 9.64 Å². The second kappa shape index (κ2) is 10.7. The number of carbonyl (C=O) groups is 1. The van der Waals surface area contributed by atoms with Gasteiger partial charge < -0.3 is 24.2 Å². The Balaban J connectivity index is 1.74. The highest BCUT2D eigenvalue weighted by Crippen LogP contribution is 2.34. The summed E-state index contributed by atoms with van der Waals surface area (Å²) in [5.41, 5.74) is 1.71. The molecule has 1 atom stereocenters. The number of anilines is 1. The van der Waals surface area contributed by atoms with Gasteiger partial charge in [0.25, 0.3) is 0 Å². The van der Waals surface area contributed by atoms with Crippen LogP contribution in [0, 0.1) is 0 Å². The fourth-order valence-electron chi connectivity index (χ4n) is 3.72. The quantitative estimate of drug-likeness (QED) is 0.619. The third-order valence-corrected chi connectivity index (χ3v) is 5.58. The van der Waals surface area contributed by atoms with E-state index in [1.165, 1.54) is 0 Å². The topological polar surface area (TPSA) is 45.2 Å². The van der Waals surface area contributed by atoms with E-state index in [2.05, 4.69) is 41.1 Å². The lowest BCUT2D eigenvalue weighted by Gasteiger charge is -2.35. The van der Waals surface area contributed by atoms with Gasteiger partial charge in [-0.1, -0.05) is 42.5 Å². The molecule has 1 aliphatic heterocycles. The first-order valence-corrected chi connectivity index (χ1v) is 11.4. The standard InChI is InChI=1S/C26H37N3O3/c1-26(2,3)32-25(30)28(5)16-15-23(21-11-7-6-8-12-21)31-24-14-10-9-13-22(24)29-19-17-27(4)18-20-29/h6-14,23H,15-20H2,1-5H3. The number of hydrogen-bond acceptors (Lipinski definition) is 5. The van der Waals surface area contributed by atoms with E-state index >= 15 is 0 Å². The molecule has 174 valence electrons. The van der Waals surface area contributed by atoms with Gasteiger partial charge in [-0.3, -0.25) is 0 Å². The highest BCUT2D eigenvalue weighted by molar-refractivity contribution is 5.67. The van der Waals surface area contributed by atoms with Gasteiger partial charge in [-0.2, -0.15) is 0 Å². The van der Waals surface area contributed by atoms with E-state index in [1.807, 2.05) is 51.1 Å². The Kier molecular flexibility index (Phi) is 8.02. The molecule has 2 aromatic carbocycles. The second-order valence-electron chi connectivity index (χ2n) is 9.47. The zero-order chi connectivity index (χ0) is 23.1. The van der Waals surface area contributed by atoms with Crippen molar-refractivity contribution in [1.29, 1.82) is 0 Å². The molecule has 1 unspecified atom stereocenters. The number of piperazine rings is 1. The van der Waals surface area contributed by atoms with Gasteiger partial charge in [0.2, 0.25) is 0 Å². The van der Waals surface area contributed by atoms with Crippen LogP contribution in [0.25, 0.3) is 0 Å². The zero-order valence-electron chi connectivity index (χ0n) is 20.1. The monoisotopic (exact) mass is 439 g/mol. The summed E-state index contributed by atoms with van der Waals surface area (Å²) in [6.07, 6.45) is 0.174. The van der Waals surface area contributed by atoms with E-state index in [1.54, 1.807) is 11.9 Å². The molecule has 1 aliphatic rings. The summed E-state index contributed by atoms with van der Waals surface area (Å²) in [4.78, 5) is 18.8. The molecule has 6 heteroatoms. The Hall–Kier alpha value is -2.73. The van der Waals surface area contributed by atoms with E-state index < -0.39 is 5.60 Å². The number of benzene rings is 2. The van der Waals surface area contributed by atoms with Crippen molar-refractivity contribution in [3.8, 4) is 5.75 Å². The summed E-state index contributed by atoms with van der Waals surface area (Å²) >= 11 is 0. The molecule has 0 bridgehead atoms. The first kappa shape index (κ1) is 23.9. The molecule has 0 aromatic heterocycles. The number of para-hydroxylation sites is 2. The van der Waals surface area contributed by atoms with Crippen molar-refractivity contribution >= 4 is 11.8 Å². The van der Waals surface area contributed by atoms with Crippen LogP contribution in [0.4, 0.5) is 10.5 Å². The molecule has 1 amide bonds. The molecule has 0 spiro atoms.